The molecule has 1 aromatic heterocycles. The number of benzene rings is 1. The number of aromatic nitrogens is 2. The van der Waals surface area contributed by atoms with E-state index in [9.17, 15) is 9.90 Å². The molecule has 0 aliphatic heterocycles. The highest BCUT2D eigenvalue weighted by atomic mass is 35.5. The van der Waals surface area contributed by atoms with Crippen molar-refractivity contribution in [2.75, 3.05) is 5.75 Å². The molecule has 132 valence electrons. The first-order valence-corrected chi connectivity index (χ1v) is 8.98. The molecule has 1 N–H and O–H groups in total. The van der Waals surface area contributed by atoms with Crippen molar-refractivity contribution in [3.63, 3.8) is 0 Å². The molecule has 0 saturated heterocycles. The predicted molar refractivity (Wildman–Crippen MR) is 102 cm³/mol. The minimum absolute atomic E-state index is 0. The molecule has 1 atom stereocenters. The number of hydrogen-bond donors (Lipinski definition) is 1. The number of rotatable bonds is 7. The standard InChI is InChI=1S/C16H18Cl2N2O2S.ClH/c1-2-3-15(21)23-10-16(22,9-20-7-6-19-11-20)13-5-4-12(17)8-14(13)18;/h4-8,11,22H,2-3,9-10H2,1H3;1H. The van der Waals surface area contributed by atoms with Crippen LogP contribution in [0.3, 0.4) is 0 Å². The van der Waals surface area contributed by atoms with Gasteiger partial charge < -0.3 is 9.67 Å². The molecule has 2 rings (SSSR count). The Labute approximate surface area is 162 Å². The van der Waals surface area contributed by atoms with Gasteiger partial charge in [0.25, 0.3) is 0 Å². The third kappa shape index (κ3) is 5.67. The monoisotopic (exact) mass is 408 g/mol. The lowest BCUT2D eigenvalue weighted by Gasteiger charge is -2.29. The molecular weight excluding hydrogens is 391 g/mol. The van der Waals surface area contributed by atoms with E-state index in [1.807, 2.05) is 6.92 Å². The van der Waals surface area contributed by atoms with Crippen LogP contribution in [0.4, 0.5) is 0 Å². The van der Waals surface area contributed by atoms with Crippen molar-refractivity contribution >= 4 is 52.5 Å². The second-order valence-electron chi connectivity index (χ2n) is 5.30. The van der Waals surface area contributed by atoms with E-state index in [1.165, 1.54) is 0 Å². The first-order chi connectivity index (χ1) is 10.9. The van der Waals surface area contributed by atoms with Gasteiger partial charge in [0.2, 0.25) is 0 Å². The van der Waals surface area contributed by atoms with Crippen LogP contribution in [0.15, 0.2) is 36.9 Å². The summed E-state index contributed by atoms with van der Waals surface area (Å²) in [5, 5.41) is 12.1. The lowest BCUT2D eigenvalue weighted by atomic mass is 9.95. The van der Waals surface area contributed by atoms with E-state index in [0.717, 1.165) is 18.2 Å². The van der Waals surface area contributed by atoms with Crippen molar-refractivity contribution < 1.29 is 9.90 Å². The Morgan fingerprint density at radius 2 is 2.17 bits per heavy atom. The molecular formula is C16H19Cl3N2O2S. The Morgan fingerprint density at radius 1 is 1.42 bits per heavy atom. The molecule has 0 aliphatic carbocycles. The molecule has 1 aromatic carbocycles. The summed E-state index contributed by atoms with van der Waals surface area (Å²) in [4.78, 5) is 15.8. The van der Waals surface area contributed by atoms with Crippen LogP contribution in [0.5, 0.6) is 0 Å². The van der Waals surface area contributed by atoms with Gasteiger partial charge in [-0.1, -0.05) is 48.0 Å². The fraction of sp³-hybridized carbons (Fsp3) is 0.375. The number of halogens is 3. The zero-order valence-corrected chi connectivity index (χ0v) is 16.3. The quantitative estimate of drug-likeness (QED) is 0.728. The van der Waals surface area contributed by atoms with E-state index in [-0.39, 0.29) is 29.8 Å². The topological polar surface area (TPSA) is 55.1 Å². The maximum Gasteiger partial charge on any atom is 0.189 e. The van der Waals surface area contributed by atoms with Crippen LogP contribution < -0.4 is 0 Å². The molecule has 8 heteroatoms. The molecule has 0 radical (unpaired) electrons. The minimum Gasteiger partial charge on any atom is -0.382 e. The first-order valence-electron chi connectivity index (χ1n) is 7.24. The van der Waals surface area contributed by atoms with Gasteiger partial charge in [-0.3, -0.25) is 4.79 Å². The van der Waals surface area contributed by atoms with E-state index in [0.29, 0.717) is 22.0 Å². The number of carbonyl (C=O) groups excluding carboxylic acids is 1. The van der Waals surface area contributed by atoms with Gasteiger partial charge in [-0.2, -0.15) is 0 Å². The largest absolute Gasteiger partial charge is 0.382 e. The van der Waals surface area contributed by atoms with Gasteiger partial charge in [0.15, 0.2) is 5.12 Å². The van der Waals surface area contributed by atoms with E-state index in [1.54, 1.807) is 41.5 Å². The lowest BCUT2D eigenvalue weighted by Crippen LogP contribution is -2.34. The lowest BCUT2D eigenvalue weighted by molar-refractivity contribution is -0.111. The Bertz CT molecular complexity index is 667. The highest BCUT2D eigenvalue weighted by Crippen LogP contribution is 2.34. The zero-order chi connectivity index (χ0) is 16.9. The van der Waals surface area contributed by atoms with Crippen molar-refractivity contribution in [1.82, 2.24) is 9.55 Å². The third-order valence-electron chi connectivity index (χ3n) is 3.36. The van der Waals surface area contributed by atoms with Crippen molar-refractivity contribution in [2.24, 2.45) is 0 Å². The van der Waals surface area contributed by atoms with Gasteiger partial charge in [0.05, 0.1) is 12.9 Å². The summed E-state index contributed by atoms with van der Waals surface area (Å²) in [6.07, 6.45) is 6.29. The summed E-state index contributed by atoms with van der Waals surface area (Å²) in [6.45, 7) is 2.20. The van der Waals surface area contributed by atoms with Crippen LogP contribution in [0.25, 0.3) is 0 Å². The van der Waals surface area contributed by atoms with E-state index in [2.05, 4.69) is 4.98 Å². The van der Waals surface area contributed by atoms with Crippen LogP contribution in [0.2, 0.25) is 10.0 Å². The molecule has 0 aliphatic rings. The number of hydrogen-bond acceptors (Lipinski definition) is 4. The van der Waals surface area contributed by atoms with E-state index in [4.69, 9.17) is 23.2 Å². The molecule has 24 heavy (non-hydrogen) atoms. The Balaban J connectivity index is 0.00000288. The Morgan fingerprint density at radius 3 is 2.75 bits per heavy atom. The smallest absolute Gasteiger partial charge is 0.189 e. The average Bonchev–Trinajstić information content (AvgIpc) is 2.98. The van der Waals surface area contributed by atoms with Gasteiger partial charge in [-0.15, -0.1) is 12.4 Å². The number of nitrogens with zero attached hydrogens (tertiary/aromatic N) is 2. The Kier molecular flexibility index (Phi) is 8.60. The van der Waals surface area contributed by atoms with Gasteiger partial charge in [0.1, 0.15) is 5.60 Å². The van der Waals surface area contributed by atoms with Crippen molar-refractivity contribution in [1.29, 1.82) is 0 Å². The van der Waals surface area contributed by atoms with Gasteiger partial charge >= 0.3 is 0 Å². The molecule has 0 bridgehead atoms. The highest BCUT2D eigenvalue weighted by molar-refractivity contribution is 8.13. The highest BCUT2D eigenvalue weighted by Gasteiger charge is 2.33. The normalized spacial score (nSPS) is 13.2. The molecule has 4 nitrogen and oxygen atoms in total. The molecule has 0 saturated carbocycles. The summed E-state index contributed by atoms with van der Waals surface area (Å²) >= 11 is 13.3. The third-order valence-corrected chi connectivity index (χ3v) is 5.06. The molecule has 1 heterocycles. The maximum absolute atomic E-state index is 11.8. The van der Waals surface area contributed by atoms with Crippen LogP contribution >= 0.6 is 47.4 Å². The van der Waals surface area contributed by atoms with Gasteiger partial charge in [-0.25, -0.2) is 4.98 Å². The van der Waals surface area contributed by atoms with Crippen LogP contribution in [-0.2, 0) is 16.9 Å². The summed E-state index contributed by atoms with van der Waals surface area (Å²) in [5.74, 6) is 0.214. The molecule has 0 amide bonds. The van der Waals surface area contributed by atoms with Crippen molar-refractivity contribution in [3.8, 4) is 0 Å². The molecule has 1 unspecified atom stereocenters. The molecule has 0 fully saturated rings. The summed E-state index contributed by atoms with van der Waals surface area (Å²) in [7, 11) is 0. The van der Waals surface area contributed by atoms with Gasteiger partial charge in [0, 0.05) is 40.2 Å². The van der Waals surface area contributed by atoms with Gasteiger partial charge in [-0.05, 0) is 18.6 Å². The zero-order valence-electron chi connectivity index (χ0n) is 13.1. The summed E-state index contributed by atoms with van der Waals surface area (Å²) in [5.41, 5.74) is -0.745. The summed E-state index contributed by atoms with van der Waals surface area (Å²) < 4.78 is 1.76. The fourth-order valence-corrected chi connectivity index (χ4v) is 3.81. The fourth-order valence-electron chi connectivity index (χ4n) is 2.23. The predicted octanol–water partition coefficient (Wildman–Crippen LogP) is 4.56. The molecule has 0 spiro atoms. The van der Waals surface area contributed by atoms with Crippen molar-refractivity contribution in [3.05, 3.63) is 52.5 Å². The number of carbonyl (C=O) groups is 1. The minimum atomic E-state index is -1.30. The maximum atomic E-state index is 11.8. The van der Waals surface area contributed by atoms with Crippen LogP contribution in [0.1, 0.15) is 25.3 Å². The summed E-state index contributed by atoms with van der Waals surface area (Å²) in [6, 6.07) is 4.97. The number of thioether (sulfide) groups is 1. The second kappa shape index (κ2) is 9.68. The van der Waals surface area contributed by atoms with Crippen LogP contribution in [-0.4, -0.2) is 25.5 Å². The number of aliphatic hydroxyl groups is 1. The Hall–Kier alpha value is -0.720. The van der Waals surface area contributed by atoms with Crippen LogP contribution in [0, 0.1) is 0 Å². The van der Waals surface area contributed by atoms with E-state index >= 15 is 0 Å². The number of imidazole rings is 1. The van der Waals surface area contributed by atoms with E-state index < -0.39 is 5.60 Å². The van der Waals surface area contributed by atoms with Crippen molar-refractivity contribution in [2.45, 2.75) is 31.9 Å². The first kappa shape index (κ1) is 21.3. The molecule has 2 aromatic rings. The second-order valence-corrected chi connectivity index (χ2v) is 7.18. The SMILES string of the molecule is CCCC(=O)SCC(O)(Cn1ccnc1)c1ccc(Cl)cc1Cl.Cl. The average molecular weight is 410 g/mol.